The van der Waals surface area contributed by atoms with Gasteiger partial charge in [-0.25, -0.2) is 8.42 Å². The quantitative estimate of drug-likeness (QED) is 0.729. The molecule has 0 saturated heterocycles. The summed E-state index contributed by atoms with van der Waals surface area (Å²) in [6.45, 7) is 2.99. The van der Waals surface area contributed by atoms with Crippen LogP contribution in [0, 0.1) is 11.3 Å². The number of nitriles is 1. The van der Waals surface area contributed by atoms with Crippen LogP contribution in [0.5, 0.6) is 0 Å². The zero-order valence-corrected chi connectivity index (χ0v) is 8.97. The molecule has 0 aromatic rings. The van der Waals surface area contributed by atoms with Crippen molar-refractivity contribution < 1.29 is 18.3 Å². The fourth-order valence-corrected chi connectivity index (χ4v) is 2.94. The molecular weight excluding hydrogens is 206 g/mol. The number of hydrogen-bond acceptors (Lipinski definition) is 4. The Kier molecular flexibility index (Phi) is 4.08. The predicted octanol–water partition coefficient (Wildman–Crippen LogP) is 0.568. The standard InChI is InChI=1S/C8H13NO4S/c1-3-8(4-2,7(10)11)14(12,13)6-5-9/h3-4,6H2,1-2H3,(H,10,11). The molecule has 0 rings (SSSR count). The summed E-state index contributed by atoms with van der Waals surface area (Å²) in [5.41, 5.74) is 0. The number of hydrogen-bond donors (Lipinski definition) is 1. The van der Waals surface area contributed by atoms with Crippen LogP contribution in [0.15, 0.2) is 0 Å². The summed E-state index contributed by atoms with van der Waals surface area (Å²) >= 11 is 0. The molecule has 0 amide bonds. The average molecular weight is 219 g/mol. The van der Waals surface area contributed by atoms with Gasteiger partial charge in [-0.15, -0.1) is 0 Å². The van der Waals surface area contributed by atoms with Gasteiger partial charge in [-0.1, -0.05) is 13.8 Å². The van der Waals surface area contributed by atoms with Crippen LogP contribution in [0.25, 0.3) is 0 Å². The fourth-order valence-electron chi connectivity index (χ4n) is 1.35. The van der Waals surface area contributed by atoms with Crippen LogP contribution in [-0.2, 0) is 14.6 Å². The van der Waals surface area contributed by atoms with Gasteiger partial charge in [0.2, 0.25) is 0 Å². The Morgan fingerprint density at radius 2 is 1.86 bits per heavy atom. The molecule has 0 radical (unpaired) electrons. The molecule has 5 nitrogen and oxygen atoms in total. The minimum absolute atomic E-state index is 0.0250. The number of rotatable bonds is 5. The van der Waals surface area contributed by atoms with Gasteiger partial charge in [0.25, 0.3) is 0 Å². The third kappa shape index (κ3) is 1.87. The van der Waals surface area contributed by atoms with Crippen molar-refractivity contribution in [2.45, 2.75) is 31.4 Å². The minimum Gasteiger partial charge on any atom is -0.480 e. The molecule has 0 aliphatic heterocycles. The molecule has 6 heteroatoms. The first-order chi connectivity index (χ1) is 6.38. The Hall–Kier alpha value is -1.09. The third-order valence-electron chi connectivity index (χ3n) is 2.38. The summed E-state index contributed by atoms with van der Waals surface area (Å²) in [7, 11) is -3.89. The van der Waals surface area contributed by atoms with E-state index in [9.17, 15) is 13.2 Å². The molecule has 0 unspecified atom stereocenters. The molecule has 0 aliphatic rings. The lowest BCUT2D eigenvalue weighted by atomic mass is 10.0. The second kappa shape index (κ2) is 4.42. The SMILES string of the molecule is CCC(CC)(C(=O)O)S(=O)(=O)CC#N. The highest BCUT2D eigenvalue weighted by molar-refractivity contribution is 7.93. The average Bonchev–Trinajstić information content (AvgIpc) is 2.05. The molecule has 0 aromatic carbocycles. The first-order valence-electron chi connectivity index (χ1n) is 4.20. The lowest BCUT2D eigenvalue weighted by molar-refractivity contribution is -0.140. The molecule has 0 spiro atoms. The molecule has 14 heavy (non-hydrogen) atoms. The van der Waals surface area contributed by atoms with Crippen molar-refractivity contribution in [3.05, 3.63) is 0 Å². The van der Waals surface area contributed by atoms with E-state index < -0.39 is 26.3 Å². The number of sulfone groups is 1. The predicted molar refractivity (Wildman–Crippen MR) is 50.3 cm³/mol. The van der Waals surface area contributed by atoms with Crippen molar-refractivity contribution in [2.24, 2.45) is 0 Å². The lowest BCUT2D eigenvalue weighted by Gasteiger charge is -2.24. The summed E-state index contributed by atoms with van der Waals surface area (Å²) in [6, 6.07) is 1.49. The number of carboxylic acids is 1. The zero-order valence-electron chi connectivity index (χ0n) is 8.15. The molecule has 1 N–H and O–H groups in total. The van der Waals surface area contributed by atoms with Gasteiger partial charge in [-0.3, -0.25) is 4.79 Å². The summed E-state index contributed by atoms with van der Waals surface area (Å²) in [6.07, 6.45) is -0.0499. The van der Waals surface area contributed by atoms with Crippen LogP contribution in [0.1, 0.15) is 26.7 Å². The van der Waals surface area contributed by atoms with Crippen molar-refractivity contribution in [2.75, 3.05) is 5.75 Å². The zero-order chi connectivity index (χ0) is 11.4. The lowest BCUT2D eigenvalue weighted by Crippen LogP contribution is -2.46. The molecule has 0 atom stereocenters. The maximum atomic E-state index is 11.6. The summed E-state index contributed by atoms with van der Waals surface area (Å²) < 4.78 is 21.3. The Balaban J connectivity index is 5.44. The molecule has 0 heterocycles. The van der Waals surface area contributed by atoms with E-state index in [1.54, 1.807) is 0 Å². The molecule has 0 saturated carbocycles. The second-order valence-electron chi connectivity index (χ2n) is 2.92. The van der Waals surface area contributed by atoms with E-state index in [2.05, 4.69) is 0 Å². The smallest absolute Gasteiger partial charge is 0.325 e. The van der Waals surface area contributed by atoms with Gasteiger partial charge in [0.15, 0.2) is 14.6 Å². The van der Waals surface area contributed by atoms with Crippen molar-refractivity contribution >= 4 is 15.8 Å². The minimum atomic E-state index is -3.89. The molecule has 80 valence electrons. The molecular formula is C8H13NO4S. The number of carbonyl (C=O) groups is 1. The fraction of sp³-hybridized carbons (Fsp3) is 0.750. The van der Waals surface area contributed by atoms with Gasteiger partial charge in [-0.05, 0) is 12.8 Å². The summed E-state index contributed by atoms with van der Waals surface area (Å²) in [5, 5.41) is 17.2. The summed E-state index contributed by atoms with van der Waals surface area (Å²) in [4.78, 5) is 10.9. The number of carboxylic acid groups (broad SMARTS) is 1. The highest BCUT2D eigenvalue weighted by Gasteiger charge is 2.47. The van der Waals surface area contributed by atoms with E-state index >= 15 is 0 Å². The Morgan fingerprint density at radius 1 is 1.43 bits per heavy atom. The second-order valence-corrected chi connectivity index (χ2v) is 5.22. The van der Waals surface area contributed by atoms with Crippen molar-refractivity contribution in [1.29, 1.82) is 5.26 Å². The van der Waals surface area contributed by atoms with E-state index in [0.717, 1.165) is 0 Å². The summed E-state index contributed by atoms with van der Waals surface area (Å²) in [5.74, 6) is -2.13. The van der Waals surface area contributed by atoms with Gasteiger partial charge in [0, 0.05) is 0 Å². The van der Waals surface area contributed by atoms with E-state index in [4.69, 9.17) is 10.4 Å². The van der Waals surface area contributed by atoms with Crippen molar-refractivity contribution in [3.63, 3.8) is 0 Å². The van der Waals surface area contributed by atoms with E-state index in [1.165, 1.54) is 19.9 Å². The topological polar surface area (TPSA) is 95.2 Å². The third-order valence-corrected chi connectivity index (χ3v) is 4.83. The van der Waals surface area contributed by atoms with Gasteiger partial charge in [0.1, 0.15) is 5.75 Å². The Morgan fingerprint density at radius 3 is 2.07 bits per heavy atom. The van der Waals surface area contributed by atoms with Crippen LogP contribution in [0.3, 0.4) is 0 Å². The molecule has 0 aliphatic carbocycles. The van der Waals surface area contributed by atoms with Gasteiger partial charge < -0.3 is 5.11 Å². The van der Waals surface area contributed by atoms with Crippen molar-refractivity contribution in [1.82, 2.24) is 0 Å². The first-order valence-corrected chi connectivity index (χ1v) is 5.85. The molecule has 0 bridgehead atoms. The first kappa shape index (κ1) is 12.9. The monoisotopic (exact) mass is 219 g/mol. The van der Waals surface area contributed by atoms with Crippen LogP contribution in [-0.4, -0.2) is 30.0 Å². The highest BCUT2D eigenvalue weighted by Crippen LogP contribution is 2.26. The Bertz CT molecular complexity index is 348. The van der Waals surface area contributed by atoms with E-state index in [-0.39, 0.29) is 12.8 Å². The largest absolute Gasteiger partial charge is 0.480 e. The van der Waals surface area contributed by atoms with Crippen LogP contribution in [0.2, 0.25) is 0 Å². The Labute approximate surface area is 83.3 Å². The van der Waals surface area contributed by atoms with Gasteiger partial charge >= 0.3 is 5.97 Å². The van der Waals surface area contributed by atoms with Crippen LogP contribution < -0.4 is 0 Å². The maximum absolute atomic E-state index is 11.6. The normalized spacial score (nSPS) is 12.1. The van der Waals surface area contributed by atoms with Crippen LogP contribution in [0.4, 0.5) is 0 Å². The maximum Gasteiger partial charge on any atom is 0.325 e. The molecule has 0 fully saturated rings. The van der Waals surface area contributed by atoms with E-state index in [1.807, 2.05) is 0 Å². The van der Waals surface area contributed by atoms with Gasteiger partial charge in [-0.2, -0.15) is 5.26 Å². The number of nitrogens with zero attached hydrogens (tertiary/aromatic N) is 1. The number of aliphatic carboxylic acids is 1. The van der Waals surface area contributed by atoms with Crippen molar-refractivity contribution in [3.8, 4) is 6.07 Å². The van der Waals surface area contributed by atoms with E-state index in [0.29, 0.717) is 0 Å². The van der Waals surface area contributed by atoms with Gasteiger partial charge in [0.05, 0.1) is 6.07 Å². The molecule has 0 aromatic heterocycles. The van der Waals surface area contributed by atoms with Crippen LogP contribution >= 0.6 is 0 Å². The highest BCUT2D eigenvalue weighted by atomic mass is 32.2.